The fraction of sp³-hybridized carbons (Fsp3) is 0.176. The second-order valence-corrected chi connectivity index (χ2v) is 4.82. The van der Waals surface area contributed by atoms with Gasteiger partial charge in [0.15, 0.2) is 0 Å². The molecule has 4 N–H and O–H groups in total. The van der Waals surface area contributed by atoms with Gasteiger partial charge in [-0.25, -0.2) is 0 Å². The molecule has 2 amide bonds. The van der Waals surface area contributed by atoms with E-state index in [9.17, 15) is 9.59 Å². The maximum Gasteiger partial charge on any atom is 0.259 e. The molecule has 0 unspecified atom stereocenters. The molecule has 2 aromatic carbocycles. The van der Waals surface area contributed by atoms with Crippen LogP contribution in [0.3, 0.4) is 0 Å². The topological polar surface area (TPSA) is 103 Å². The van der Waals surface area contributed by atoms with E-state index in [2.05, 4.69) is 10.6 Å². The normalized spacial score (nSPS) is 9.96. The molecule has 2 rings (SSSR count). The molecule has 0 atom stereocenters. The molecule has 7 nitrogen and oxygen atoms in total. The number of benzene rings is 2. The Morgan fingerprint density at radius 2 is 1.71 bits per heavy atom. The number of anilines is 2. The Morgan fingerprint density at radius 1 is 1.00 bits per heavy atom. The highest BCUT2D eigenvalue weighted by molar-refractivity contribution is 6.06. The average Bonchev–Trinajstić information content (AvgIpc) is 2.61. The van der Waals surface area contributed by atoms with Crippen molar-refractivity contribution in [2.45, 2.75) is 0 Å². The quantitative estimate of drug-likeness (QED) is 0.750. The first-order valence-corrected chi connectivity index (χ1v) is 7.21. The van der Waals surface area contributed by atoms with Crippen LogP contribution < -0.4 is 25.8 Å². The maximum absolute atomic E-state index is 12.4. The molecule has 126 valence electrons. The molecular weight excluding hydrogens is 310 g/mol. The lowest BCUT2D eigenvalue weighted by molar-refractivity contribution is -0.114. The van der Waals surface area contributed by atoms with Crippen LogP contribution in [-0.2, 0) is 4.79 Å². The smallest absolute Gasteiger partial charge is 0.259 e. The molecule has 0 aliphatic rings. The fourth-order valence-corrected chi connectivity index (χ4v) is 2.12. The Bertz CT molecular complexity index is 746. The van der Waals surface area contributed by atoms with Crippen molar-refractivity contribution in [3.8, 4) is 11.5 Å². The van der Waals surface area contributed by atoms with Crippen LogP contribution in [0.4, 0.5) is 11.4 Å². The molecule has 24 heavy (non-hydrogen) atoms. The Kier molecular flexibility index (Phi) is 5.75. The summed E-state index contributed by atoms with van der Waals surface area (Å²) in [5, 5.41) is 5.38. The average molecular weight is 329 g/mol. The number of nitrogens with one attached hydrogen (secondary N) is 2. The maximum atomic E-state index is 12.4. The van der Waals surface area contributed by atoms with Gasteiger partial charge in [-0.3, -0.25) is 9.59 Å². The zero-order valence-corrected chi connectivity index (χ0v) is 13.5. The minimum Gasteiger partial charge on any atom is -0.496 e. The molecule has 0 saturated carbocycles. The summed E-state index contributed by atoms with van der Waals surface area (Å²) >= 11 is 0. The predicted molar refractivity (Wildman–Crippen MR) is 91.6 cm³/mol. The van der Waals surface area contributed by atoms with Gasteiger partial charge in [0.1, 0.15) is 11.5 Å². The van der Waals surface area contributed by atoms with Gasteiger partial charge in [-0.2, -0.15) is 0 Å². The van der Waals surface area contributed by atoms with E-state index in [1.165, 1.54) is 14.2 Å². The molecule has 0 radical (unpaired) electrons. The standard InChI is InChI=1S/C17H19N3O4/c1-23-14-6-4-3-5-12(14)17(22)19-11-7-8-15(24-2)13(9-11)20-16(21)10-18/h3-9H,10,18H2,1-2H3,(H,19,22)(H,20,21). The van der Waals surface area contributed by atoms with E-state index in [1.807, 2.05) is 0 Å². The lowest BCUT2D eigenvalue weighted by Crippen LogP contribution is -2.22. The summed E-state index contributed by atoms with van der Waals surface area (Å²) < 4.78 is 10.4. The second kappa shape index (κ2) is 7.98. The molecule has 0 heterocycles. The Labute approximate surface area is 139 Å². The van der Waals surface area contributed by atoms with Gasteiger partial charge in [0.05, 0.1) is 32.0 Å². The van der Waals surface area contributed by atoms with Crippen molar-refractivity contribution in [1.29, 1.82) is 0 Å². The van der Waals surface area contributed by atoms with Gasteiger partial charge in [-0.15, -0.1) is 0 Å². The van der Waals surface area contributed by atoms with Crippen LogP contribution in [0.25, 0.3) is 0 Å². The minimum atomic E-state index is -0.360. The van der Waals surface area contributed by atoms with Crippen molar-refractivity contribution in [3.63, 3.8) is 0 Å². The summed E-state index contributed by atoms with van der Waals surface area (Å²) in [6.07, 6.45) is 0. The third-order valence-corrected chi connectivity index (χ3v) is 3.27. The molecule has 0 spiro atoms. The summed E-state index contributed by atoms with van der Waals surface area (Å²) in [4.78, 5) is 23.9. The number of rotatable bonds is 6. The largest absolute Gasteiger partial charge is 0.496 e. The first-order chi connectivity index (χ1) is 11.6. The zero-order chi connectivity index (χ0) is 17.5. The van der Waals surface area contributed by atoms with Crippen LogP contribution >= 0.6 is 0 Å². The van der Waals surface area contributed by atoms with E-state index in [-0.39, 0.29) is 18.4 Å². The van der Waals surface area contributed by atoms with E-state index in [0.717, 1.165) is 0 Å². The van der Waals surface area contributed by atoms with Gasteiger partial charge in [0.25, 0.3) is 5.91 Å². The zero-order valence-electron chi connectivity index (χ0n) is 13.5. The number of hydrogen-bond donors (Lipinski definition) is 3. The Morgan fingerprint density at radius 3 is 2.38 bits per heavy atom. The highest BCUT2D eigenvalue weighted by Crippen LogP contribution is 2.28. The van der Waals surface area contributed by atoms with Crippen LogP contribution in [0.2, 0.25) is 0 Å². The molecule has 0 bridgehead atoms. The number of para-hydroxylation sites is 1. The van der Waals surface area contributed by atoms with Gasteiger partial charge < -0.3 is 25.8 Å². The highest BCUT2D eigenvalue weighted by atomic mass is 16.5. The van der Waals surface area contributed by atoms with Crippen molar-refractivity contribution >= 4 is 23.2 Å². The number of hydrogen-bond acceptors (Lipinski definition) is 5. The predicted octanol–water partition coefficient (Wildman–Crippen LogP) is 1.85. The number of amides is 2. The molecular formula is C17H19N3O4. The van der Waals surface area contributed by atoms with Crippen molar-refractivity contribution in [1.82, 2.24) is 0 Å². The van der Waals surface area contributed by atoms with Crippen molar-refractivity contribution in [3.05, 3.63) is 48.0 Å². The van der Waals surface area contributed by atoms with E-state index in [0.29, 0.717) is 28.4 Å². The first-order valence-electron chi connectivity index (χ1n) is 7.21. The van der Waals surface area contributed by atoms with Gasteiger partial charge in [-0.1, -0.05) is 12.1 Å². The van der Waals surface area contributed by atoms with E-state index >= 15 is 0 Å². The molecule has 7 heteroatoms. The SMILES string of the molecule is COc1ccc(NC(=O)c2ccccc2OC)cc1NC(=O)CN. The van der Waals surface area contributed by atoms with Crippen LogP contribution in [0.1, 0.15) is 10.4 Å². The molecule has 0 saturated heterocycles. The van der Waals surface area contributed by atoms with Crippen LogP contribution in [-0.4, -0.2) is 32.6 Å². The third-order valence-electron chi connectivity index (χ3n) is 3.27. The molecule has 2 aromatic rings. The lowest BCUT2D eigenvalue weighted by atomic mass is 10.1. The number of methoxy groups -OCH3 is 2. The minimum absolute atomic E-state index is 0.152. The Balaban J connectivity index is 2.24. The molecule has 0 aliphatic carbocycles. The van der Waals surface area contributed by atoms with Gasteiger partial charge >= 0.3 is 0 Å². The summed E-state index contributed by atoms with van der Waals surface area (Å²) in [7, 11) is 2.99. The van der Waals surface area contributed by atoms with E-state index in [1.54, 1.807) is 42.5 Å². The van der Waals surface area contributed by atoms with Crippen LogP contribution in [0.15, 0.2) is 42.5 Å². The number of ether oxygens (including phenoxy) is 2. The van der Waals surface area contributed by atoms with Gasteiger partial charge in [-0.05, 0) is 30.3 Å². The van der Waals surface area contributed by atoms with E-state index in [4.69, 9.17) is 15.2 Å². The fourth-order valence-electron chi connectivity index (χ4n) is 2.12. The monoisotopic (exact) mass is 329 g/mol. The van der Waals surface area contributed by atoms with Gasteiger partial charge in [0.2, 0.25) is 5.91 Å². The van der Waals surface area contributed by atoms with Crippen LogP contribution in [0, 0.1) is 0 Å². The summed E-state index contributed by atoms with van der Waals surface area (Å²) in [6.45, 7) is -0.152. The summed E-state index contributed by atoms with van der Waals surface area (Å²) in [5.74, 6) is 0.252. The van der Waals surface area contributed by atoms with Crippen LogP contribution in [0.5, 0.6) is 11.5 Å². The molecule has 0 fully saturated rings. The van der Waals surface area contributed by atoms with Crippen molar-refractivity contribution in [2.24, 2.45) is 5.73 Å². The number of nitrogens with two attached hydrogens (primary N) is 1. The molecule has 0 aliphatic heterocycles. The Hall–Kier alpha value is -3.06. The van der Waals surface area contributed by atoms with Gasteiger partial charge in [0, 0.05) is 5.69 Å². The first kappa shape index (κ1) is 17.3. The lowest BCUT2D eigenvalue weighted by Gasteiger charge is -2.13. The summed E-state index contributed by atoms with van der Waals surface area (Å²) in [5.41, 5.74) is 6.63. The van der Waals surface area contributed by atoms with Crippen molar-refractivity contribution < 1.29 is 19.1 Å². The molecule has 0 aromatic heterocycles. The number of carbonyl (C=O) groups excluding carboxylic acids is 2. The van der Waals surface area contributed by atoms with Crippen molar-refractivity contribution in [2.75, 3.05) is 31.4 Å². The summed E-state index contributed by atoms with van der Waals surface area (Å²) in [6, 6.07) is 11.8. The number of carbonyl (C=O) groups is 2. The highest BCUT2D eigenvalue weighted by Gasteiger charge is 2.13. The third kappa shape index (κ3) is 4.02. The second-order valence-electron chi connectivity index (χ2n) is 4.82. The van der Waals surface area contributed by atoms with E-state index < -0.39 is 0 Å².